The van der Waals surface area contributed by atoms with Crippen LogP contribution in [-0.4, -0.2) is 27.3 Å². The highest BCUT2D eigenvalue weighted by atomic mass is 35.5. The Morgan fingerprint density at radius 3 is 2.50 bits per heavy atom. The van der Waals surface area contributed by atoms with Gasteiger partial charge in [-0.3, -0.25) is 9.59 Å². The fourth-order valence-corrected chi connectivity index (χ4v) is 2.52. The van der Waals surface area contributed by atoms with E-state index in [1.807, 2.05) is 20.8 Å². The zero-order valence-corrected chi connectivity index (χ0v) is 15.5. The van der Waals surface area contributed by atoms with Gasteiger partial charge < -0.3 is 10.4 Å². The van der Waals surface area contributed by atoms with Gasteiger partial charge in [0.1, 0.15) is 23.0 Å². The summed E-state index contributed by atoms with van der Waals surface area (Å²) in [5.41, 5.74) is 0.00993. The Hall–Kier alpha value is -2.47. The Morgan fingerprint density at radius 1 is 1.19 bits per heavy atom. The molecule has 0 radical (unpaired) electrons. The minimum Gasteiger partial charge on any atom is -0.508 e. The number of aromatic hydroxyl groups is 1. The molecule has 0 bridgehead atoms. The zero-order valence-electron chi connectivity index (χ0n) is 14.8. The smallest absolute Gasteiger partial charge is 0.270 e. The number of halogens is 2. The lowest BCUT2D eigenvalue weighted by molar-refractivity contribution is -0.117. The van der Waals surface area contributed by atoms with Gasteiger partial charge in [0.25, 0.3) is 5.91 Å². The van der Waals surface area contributed by atoms with Gasteiger partial charge in [-0.2, -0.15) is 0 Å². The van der Waals surface area contributed by atoms with Crippen molar-refractivity contribution in [1.82, 2.24) is 10.3 Å². The molecular formula is C19H20ClFN2O3. The second-order valence-electron chi connectivity index (χ2n) is 7.03. The van der Waals surface area contributed by atoms with E-state index in [0.717, 1.165) is 6.20 Å². The van der Waals surface area contributed by atoms with E-state index < -0.39 is 17.3 Å². The quantitative estimate of drug-likeness (QED) is 0.835. The maximum absolute atomic E-state index is 14.0. The number of phenolic OH excluding ortho intramolecular Hbond substituents is 1. The Labute approximate surface area is 156 Å². The van der Waals surface area contributed by atoms with E-state index in [4.69, 9.17) is 11.6 Å². The van der Waals surface area contributed by atoms with Crippen LogP contribution in [0.5, 0.6) is 5.75 Å². The molecule has 0 aliphatic rings. The number of phenols is 1. The summed E-state index contributed by atoms with van der Waals surface area (Å²) in [5.74, 6) is -1.49. The summed E-state index contributed by atoms with van der Waals surface area (Å²) in [5, 5.41) is 12.9. The van der Waals surface area contributed by atoms with Crippen molar-refractivity contribution in [3.05, 3.63) is 58.1 Å². The third-order valence-electron chi connectivity index (χ3n) is 3.47. The molecule has 0 fully saturated rings. The Bertz CT molecular complexity index is 847. The number of aromatic nitrogens is 1. The summed E-state index contributed by atoms with van der Waals surface area (Å²) in [6, 6.07) is 5.66. The number of hydrogen-bond acceptors (Lipinski definition) is 4. The Balaban J connectivity index is 2.15. The van der Waals surface area contributed by atoms with Crippen LogP contribution < -0.4 is 5.32 Å². The Morgan fingerprint density at radius 2 is 1.85 bits per heavy atom. The number of nitrogens with zero attached hydrogens (tertiary/aromatic N) is 1. The summed E-state index contributed by atoms with van der Waals surface area (Å²) < 4.78 is 14.0. The average Bonchev–Trinajstić information content (AvgIpc) is 2.51. The van der Waals surface area contributed by atoms with Crippen LogP contribution in [0.4, 0.5) is 4.39 Å². The molecular weight excluding hydrogens is 359 g/mol. The lowest BCUT2D eigenvalue weighted by Gasteiger charge is -2.20. The number of carbonyl (C=O) groups is 2. The van der Waals surface area contributed by atoms with Crippen LogP contribution in [-0.2, 0) is 17.6 Å². The highest BCUT2D eigenvalue weighted by Crippen LogP contribution is 2.22. The van der Waals surface area contributed by atoms with Crippen LogP contribution in [0.15, 0.2) is 30.5 Å². The summed E-state index contributed by atoms with van der Waals surface area (Å²) in [7, 11) is 0. The molecule has 26 heavy (non-hydrogen) atoms. The molecule has 0 saturated carbocycles. The van der Waals surface area contributed by atoms with Crippen LogP contribution in [0.1, 0.15) is 42.4 Å². The van der Waals surface area contributed by atoms with Gasteiger partial charge in [0.2, 0.25) is 0 Å². The number of pyridine rings is 1. The number of carbonyl (C=O) groups excluding carboxylic acids is 2. The van der Waals surface area contributed by atoms with Gasteiger partial charge in [0.05, 0.1) is 6.20 Å². The van der Waals surface area contributed by atoms with Crippen LogP contribution in [0.2, 0.25) is 5.02 Å². The molecule has 0 aliphatic carbocycles. The lowest BCUT2D eigenvalue weighted by atomic mass is 10.0. The molecule has 1 aromatic heterocycles. The second kappa shape index (κ2) is 7.83. The van der Waals surface area contributed by atoms with E-state index in [-0.39, 0.29) is 35.6 Å². The fraction of sp³-hybridized carbons (Fsp3) is 0.316. The molecule has 138 valence electrons. The third-order valence-corrected chi connectivity index (χ3v) is 3.71. The number of hydrogen-bond donors (Lipinski definition) is 2. The predicted octanol–water partition coefficient (Wildman–Crippen LogP) is 3.46. The number of amides is 1. The average molecular weight is 379 g/mol. The highest BCUT2D eigenvalue weighted by Gasteiger charge is 2.19. The molecule has 2 N–H and O–H groups in total. The van der Waals surface area contributed by atoms with Gasteiger partial charge in [-0.25, -0.2) is 9.37 Å². The number of Topliss-reactive ketones (excluding diaryl/α,β-unsaturated/α-hetero) is 1. The van der Waals surface area contributed by atoms with Crippen molar-refractivity contribution in [3.63, 3.8) is 0 Å². The van der Waals surface area contributed by atoms with E-state index in [1.54, 1.807) is 0 Å². The number of rotatable bonds is 5. The van der Waals surface area contributed by atoms with Gasteiger partial charge in [-0.05, 0) is 50.6 Å². The van der Waals surface area contributed by atoms with Crippen LogP contribution in [0, 0.1) is 5.82 Å². The normalized spacial score (nSPS) is 11.3. The summed E-state index contributed by atoms with van der Waals surface area (Å²) >= 11 is 5.86. The molecule has 1 amide bonds. The number of ketones is 1. The maximum Gasteiger partial charge on any atom is 0.270 e. The molecule has 2 rings (SSSR count). The van der Waals surface area contributed by atoms with Crippen molar-refractivity contribution < 1.29 is 19.1 Å². The first-order chi connectivity index (χ1) is 12.0. The third kappa shape index (κ3) is 5.52. The van der Waals surface area contributed by atoms with Crippen LogP contribution >= 0.6 is 11.6 Å². The molecule has 7 heteroatoms. The molecule has 0 atom stereocenters. The van der Waals surface area contributed by atoms with Crippen LogP contribution in [0.25, 0.3) is 0 Å². The molecule has 0 spiro atoms. The van der Waals surface area contributed by atoms with Crippen LogP contribution in [0.3, 0.4) is 0 Å². The monoisotopic (exact) mass is 378 g/mol. The molecule has 0 saturated heterocycles. The minimum atomic E-state index is -0.666. The molecule has 5 nitrogen and oxygen atoms in total. The minimum absolute atomic E-state index is 0.0368. The largest absolute Gasteiger partial charge is 0.508 e. The SMILES string of the molecule is CC(C)(C)NC(=O)c1cc(CC(=O)Cc2cc(Cl)ccc2O)c(F)cn1. The van der Waals surface area contributed by atoms with E-state index in [2.05, 4.69) is 10.3 Å². The molecule has 0 unspecified atom stereocenters. The van der Waals surface area contributed by atoms with Crippen molar-refractivity contribution in [3.8, 4) is 5.75 Å². The van der Waals surface area contributed by atoms with Gasteiger partial charge >= 0.3 is 0 Å². The van der Waals surface area contributed by atoms with E-state index in [9.17, 15) is 19.1 Å². The fourth-order valence-electron chi connectivity index (χ4n) is 2.33. The first-order valence-electron chi connectivity index (χ1n) is 8.01. The van der Waals surface area contributed by atoms with E-state index >= 15 is 0 Å². The lowest BCUT2D eigenvalue weighted by Crippen LogP contribution is -2.41. The number of benzene rings is 1. The summed E-state index contributed by atoms with van der Waals surface area (Å²) in [6.07, 6.45) is 0.602. The second-order valence-corrected chi connectivity index (χ2v) is 7.47. The first-order valence-corrected chi connectivity index (χ1v) is 8.39. The Kier molecular flexibility index (Phi) is 5.97. The van der Waals surface area contributed by atoms with Crippen molar-refractivity contribution in [1.29, 1.82) is 0 Å². The first kappa shape index (κ1) is 19.8. The van der Waals surface area contributed by atoms with Gasteiger partial charge in [0, 0.05) is 29.0 Å². The van der Waals surface area contributed by atoms with Crippen molar-refractivity contribution >= 4 is 23.3 Å². The predicted molar refractivity (Wildman–Crippen MR) is 96.9 cm³/mol. The van der Waals surface area contributed by atoms with Crippen molar-refractivity contribution in [2.75, 3.05) is 0 Å². The van der Waals surface area contributed by atoms with Crippen molar-refractivity contribution in [2.45, 2.75) is 39.2 Å². The molecule has 1 heterocycles. The number of nitrogens with one attached hydrogen (secondary N) is 1. The standard InChI is InChI=1S/C19H20ClFN2O3/c1-19(2,3)23-18(26)16-9-11(15(21)10-22-16)7-14(24)8-12-6-13(20)4-5-17(12)25/h4-6,9-10,25H,7-8H2,1-3H3,(H,23,26). The van der Waals surface area contributed by atoms with Gasteiger partial charge in [-0.15, -0.1) is 0 Å². The van der Waals surface area contributed by atoms with Gasteiger partial charge in [0.15, 0.2) is 0 Å². The molecule has 2 aromatic rings. The van der Waals surface area contributed by atoms with E-state index in [0.29, 0.717) is 10.6 Å². The summed E-state index contributed by atoms with van der Waals surface area (Å²) in [4.78, 5) is 28.2. The van der Waals surface area contributed by atoms with Crippen molar-refractivity contribution in [2.24, 2.45) is 0 Å². The van der Waals surface area contributed by atoms with Gasteiger partial charge in [-0.1, -0.05) is 11.6 Å². The van der Waals surface area contributed by atoms with E-state index in [1.165, 1.54) is 24.3 Å². The zero-order chi connectivity index (χ0) is 19.5. The maximum atomic E-state index is 14.0. The molecule has 0 aliphatic heterocycles. The topological polar surface area (TPSA) is 79.3 Å². The summed E-state index contributed by atoms with van der Waals surface area (Å²) in [6.45, 7) is 5.45. The highest BCUT2D eigenvalue weighted by molar-refractivity contribution is 6.30. The molecule has 1 aromatic carbocycles.